The average Bonchev–Trinajstić information content (AvgIpc) is 2.55. The summed E-state index contributed by atoms with van der Waals surface area (Å²) in [7, 11) is 1.56. The fraction of sp³-hybridized carbons (Fsp3) is 0.222. The lowest BCUT2D eigenvalue weighted by Gasteiger charge is -2.09. The molecule has 2 rings (SSSR count). The molecule has 2 aromatic carbocycles. The van der Waals surface area contributed by atoms with E-state index in [2.05, 4.69) is 10.6 Å². The van der Waals surface area contributed by atoms with E-state index < -0.39 is 0 Å². The molecule has 0 fully saturated rings. The number of carbonyl (C=O) groups is 2. The smallest absolute Gasteiger partial charge is 0.251 e. The number of nitrogens with one attached hydrogen (secondary N) is 2. The summed E-state index contributed by atoms with van der Waals surface area (Å²) in [5.74, 6) is 0.0892. The summed E-state index contributed by atoms with van der Waals surface area (Å²) in [4.78, 5) is 24.0. The lowest BCUT2D eigenvalue weighted by molar-refractivity contribution is -0.115. The van der Waals surface area contributed by atoms with Crippen molar-refractivity contribution in [2.45, 2.75) is 13.8 Å². The van der Waals surface area contributed by atoms with E-state index in [-0.39, 0.29) is 18.4 Å². The van der Waals surface area contributed by atoms with E-state index in [1.165, 1.54) is 0 Å². The van der Waals surface area contributed by atoms with Crippen molar-refractivity contribution in [3.8, 4) is 5.75 Å². The lowest BCUT2D eigenvalue weighted by atomic mass is 10.1. The Labute approximate surface area is 135 Å². The van der Waals surface area contributed by atoms with E-state index in [0.29, 0.717) is 17.0 Å². The summed E-state index contributed by atoms with van der Waals surface area (Å²) in [6, 6.07) is 12.5. The molecule has 0 saturated heterocycles. The molecule has 2 N–H and O–H groups in total. The molecule has 5 nitrogen and oxygen atoms in total. The molecule has 2 amide bonds. The first kappa shape index (κ1) is 16.5. The summed E-state index contributed by atoms with van der Waals surface area (Å²) >= 11 is 0. The minimum atomic E-state index is -0.296. The molecule has 0 atom stereocenters. The second kappa shape index (κ2) is 7.45. The highest BCUT2D eigenvalue weighted by atomic mass is 16.5. The summed E-state index contributed by atoms with van der Waals surface area (Å²) in [5.41, 5.74) is 3.33. The number of benzene rings is 2. The van der Waals surface area contributed by atoms with Gasteiger partial charge in [-0.1, -0.05) is 12.1 Å². The van der Waals surface area contributed by atoms with Crippen LogP contribution in [0.5, 0.6) is 5.75 Å². The lowest BCUT2D eigenvalue weighted by Crippen LogP contribution is -2.32. The van der Waals surface area contributed by atoms with Gasteiger partial charge in [0.25, 0.3) is 5.91 Å². The predicted octanol–water partition coefficient (Wildman–Crippen LogP) is 2.68. The van der Waals surface area contributed by atoms with Crippen molar-refractivity contribution in [2.24, 2.45) is 0 Å². The summed E-state index contributed by atoms with van der Waals surface area (Å²) in [6.45, 7) is 3.84. The molecule has 2 aromatic rings. The zero-order chi connectivity index (χ0) is 16.8. The Bertz CT molecular complexity index is 726. The molecule has 0 aromatic heterocycles. The van der Waals surface area contributed by atoms with Gasteiger partial charge in [-0.05, 0) is 49.2 Å². The predicted molar refractivity (Wildman–Crippen MR) is 89.9 cm³/mol. The average molecular weight is 312 g/mol. The Kier molecular flexibility index (Phi) is 5.36. The monoisotopic (exact) mass is 312 g/mol. The highest BCUT2D eigenvalue weighted by Gasteiger charge is 2.09. The van der Waals surface area contributed by atoms with E-state index in [0.717, 1.165) is 11.1 Å². The highest BCUT2D eigenvalue weighted by Crippen LogP contribution is 2.16. The van der Waals surface area contributed by atoms with Gasteiger partial charge in [0.1, 0.15) is 5.75 Å². The van der Waals surface area contributed by atoms with Crippen LogP contribution < -0.4 is 15.4 Å². The minimum absolute atomic E-state index is 0.0943. The van der Waals surface area contributed by atoms with Crippen molar-refractivity contribution in [3.63, 3.8) is 0 Å². The van der Waals surface area contributed by atoms with E-state index in [9.17, 15) is 9.59 Å². The van der Waals surface area contributed by atoms with Crippen LogP contribution in [0, 0.1) is 13.8 Å². The van der Waals surface area contributed by atoms with Gasteiger partial charge in [0, 0.05) is 17.3 Å². The minimum Gasteiger partial charge on any atom is -0.497 e. The zero-order valence-corrected chi connectivity index (χ0v) is 13.5. The van der Waals surface area contributed by atoms with Crippen molar-refractivity contribution in [1.29, 1.82) is 0 Å². The fourth-order valence-electron chi connectivity index (χ4n) is 2.05. The molecule has 0 aliphatic heterocycles. The van der Waals surface area contributed by atoms with Crippen LogP contribution in [0.15, 0.2) is 42.5 Å². The van der Waals surface area contributed by atoms with Crippen molar-refractivity contribution < 1.29 is 14.3 Å². The van der Waals surface area contributed by atoms with Crippen LogP contribution >= 0.6 is 0 Å². The molecule has 0 aliphatic rings. The van der Waals surface area contributed by atoms with Gasteiger partial charge in [0.2, 0.25) is 5.91 Å². The molecule has 23 heavy (non-hydrogen) atoms. The number of aryl methyl sites for hydroxylation is 2. The van der Waals surface area contributed by atoms with Gasteiger partial charge in [-0.2, -0.15) is 0 Å². The third kappa shape index (κ3) is 4.57. The fourth-order valence-corrected chi connectivity index (χ4v) is 2.05. The highest BCUT2D eigenvalue weighted by molar-refractivity contribution is 5.99. The van der Waals surface area contributed by atoms with Crippen molar-refractivity contribution in [2.75, 3.05) is 19.0 Å². The van der Waals surface area contributed by atoms with Crippen LogP contribution in [0.2, 0.25) is 0 Å². The number of hydrogen-bond donors (Lipinski definition) is 2. The standard InChI is InChI=1S/C18H20N2O3/c1-12-7-8-14(9-13(12)2)18(22)19-11-17(21)20-15-5-4-6-16(10-15)23-3/h4-10H,11H2,1-3H3,(H,19,22)(H,20,21). The van der Waals surface area contributed by atoms with Crippen molar-refractivity contribution in [3.05, 3.63) is 59.2 Å². The molecule has 0 radical (unpaired) electrons. The summed E-state index contributed by atoms with van der Waals surface area (Å²) in [6.07, 6.45) is 0. The van der Waals surface area contributed by atoms with Gasteiger partial charge in [0.15, 0.2) is 0 Å². The van der Waals surface area contributed by atoms with Crippen molar-refractivity contribution >= 4 is 17.5 Å². The molecular formula is C18H20N2O3. The molecule has 0 spiro atoms. The van der Waals surface area contributed by atoms with Gasteiger partial charge < -0.3 is 15.4 Å². The first-order valence-electron chi connectivity index (χ1n) is 7.29. The van der Waals surface area contributed by atoms with Crippen LogP contribution in [0.4, 0.5) is 5.69 Å². The first-order chi connectivity index (χ1) is 11.0. The topological polar surface area (TPSA) is 67.4 Å². The normalized spacial score (nSPS) is 10.0. The quantitative estimate of drug-likeness (QED) is 0.892. The maximum Gasteiger partial charge on any atom is 0.251 e. The van der Waals surface area contributed by atoms with Gasteiger partial charge in [-0.3, -0.25) is 9.59 Å². The third-order valence-electron chi connectivity index (χ3n) is 3.53. The number of ether oxygens (including phenoxy) is 1. The second-order valence-corrected chi connectivity index (χ2v) is 5.26. The first-order valence-corrected chi connectivity index (χ1v) is 7.29. The SMILES string of the molecule is COc1cccc(NC(=O)CNC(=O)c2ccc(C)c(C)c2)c1. The number of amides is 2. The molecule has 0 aliphatic carbocycles. The van der Waals surface area contributed by atoms with Crippen LogP contribution in [-0.2, 0) is 4.79 Å². The van der Waals surface area contributed by atoms with E-state index in [1.54, 1.807) is 37.4 Å². The Hall–Kier alpha value is -2.82. The van der Waals surface area contributed by atoms with Crippen LogP contribution in [0.3, 0.4) is 0 Å². The molecule has 0 bridgehead atoms. The van der Waals surface area contributed by atoms with Gasteiger partial charge in [0.05, 0.1) is 13.7 Å². The van der Waals surface area contributed by atoms with Crippen molar-refractivity contribution in [1.82, 2.24) is 5.32 Å². The Morgan fingerprint density at radius 2 is 1.83 bits per heavy atom. The molecule has 5 heteroatoms. The van der Waals surface area contributed by atoms with Gasteiger partial charge in [-0.25, -0.2) is 0 Å². The summed E-state index contributed by atoms with van der Waals surface area (Å²) in [5, 5.41) is 5.32. The maximum atomic E-state index is 12.1. The molecule has 0 saturated carbocycles. The molecule has 0 heterocycles. The molecular weight excluding hydrogens is 292 g/mol. The largest absolute Gasteiger partial charge is 0.497 e. The number of hydrogen-bond acceptors (Lipinski definition) is 3. The van der Waals surface area contributed by atoms with Gasteiger partial charge in [-0.15, -0.1) is 0 Å². The van der Waals surface area contributed by atoms with E-state index >= 15 is 0 Å². The van der Waals surface area contributed by atoms with E-state index in [4.69, 9.17) is 4.74 Å². The Balaban J connectivity index is 1.90. The van der Waals surface area contributed by atoms with Gasteiger partial charge >= 0.3 is 0 Å². The second-order valence-electron chi connectivity index (χ2n) is 5.26. The zero-order valence-electron chi connectivity index (χ0n) is 13.5. The number of rotatable bonds is 5. The van der Waals surface area contributed by atoms with E-state index in [1.807, 2.05) is 26.0 Å². The number of anilines is 1. The Morgan fingerprint density at radius 1 is 1.04 bits per heavy atom. The Morgan fingerprint density at radius 3 is 2.52 bits per heavy atom. The van der Waals surface area contributed by atoms with Crippen LogP contribution in [0.25, 0.3) is 0 Å². The molecule has 120 valence electrons. The van der Waals surface area contributed by atoms with Crippen LogP contribution in [0.1, 0.15) is 21.5 Å². The number of methoxy groups -OCH3 is 1. The molecule has 0 unspecified atom stereocenters. The number of carbonyl (C=O) groups excluding carboxylic acids is 2. The third-order valence-corrected chi connectivity index (χ3v) is 3.53. The summed E-state index contributed by atoms with van der Waals surface area (Å²) < 4.78 is 5.09. The van der Waals surface area contributed by atoms with Crippen LogP contribution in [-0.4, -0.2) is 25.5 Å². The maximum absolute atomic E-state index is 12.1.